The van der Waals surface area contributed by atoms with Crippen molar-refractivity contribution in [2.24, 2.45) is 11.8 Å². The molecular weight excluding hydrogens is 973 g/mol. The highest BCUT2D eigenvalue weighted by atomic mass is 127. The summed E-state index contributed by atoms with van der Waals surface area (Å²) in [6.07, 6.45) is 10.1. The quantitative estimate of drug-likeness (QED) is 0.0882. The minimum absolute atomic E-state index is 0. The molecule has 3 aliphatic rings. The molecule has 0 spiro atoms. The van der Waals surface area contributed by atoms with Crippen molar-refractivity contribution in [3.63, 3.8) is 0 Å². The largest absolute Gasteiger partial charge is 0.390 e. The number of H-pyrrole nitrogens is 3. The molecule has 3 aromatic heterocycles. The molecule has 63 heavy (non-hydrogen) atoms. The number of halogens is 7. The summed E-state index contributed by atoms with van der Waals surface area (Å²) in [6, 6.07) is 2.82. The molecule has 18 nitrogen and oxygen atoms in total. The highest BCUT2D eigenvalue weighted by molar-refractivity contribution is 14.1. The van der Waals surface area contributed by atoms with Crippen LogP contribution in [0.4, 0.5) is 26.3 Å². The second kappa shape index (κ2) is 20.1. The number of terminal acetylenes is 3. The summed E-state index contributed by atoms with van der Waals surface area (Å²) in [5, 5.41) is 27.5. The van der Waals surface area contributed by atoms with Crippen LogP contribution >= 0.6 is 22.6 Å². The number of aliphatic hydroxyl groups excluding tert-OH is 3. The van der Waals surface area contributed by atoms with Crippen molar-refractivity contribution < 1.29 is 55.9 Å². The SMILES string of the molecule is C.C.C.C#C[C@]1(F)[C@H](n2ccc(=O)[nH]c2=O)O[C@](F)(CI)[C@H]1C.C#C[C@]1(F)[C@H](n2ccc(=O)[nH]c2=O)O[C@](F)(CO)[C@H]1C.C#C[C@]1(F)[C@H](n2ccc(=O)[nH]c2=O)O[C@](F)(CO)[C@H]1O. The maximum atomic E-state index is 14.9. The smallest absolute Gasteiger partial charge is 0.330 e. The Labute approximate surface area is 367 Å². The number of alkyl halides is 7. The van der Waals surface area contributed by atoms with Crippen LogP contribution in [0.25, 0.3) is 0 Å². The van der Waals surface area contributed by atoms with E-state index >= 15 is 0 Å². The van der Waals surface area contributed by atoms with Crippen LogP contribution in [0.15, 0.2) is 65.6 Å². The zero-order chi connectivity index (χ0) is 45.4. The third-order valence-electron chi connectivity index (χ3n) is 9.95. The topological polar surface area (TPSA) is 253 Å². The average Bonchev–Trinajstić information content (AvgIpc) is 3.65. The Morgan fingerprint density at radius 3 is 1.17 bits per heavy atom. The van der Waals surface area contributed by atoms with Gasteiger partial charge in [-0.3, -0.25) is 43.0 Å². The van der Waals surface area contributed by atoms with Gasteiger partial charge in [0.1, 0.15) is 13.2 Å². The van der Waals surface area contributed by atoms with Gasteiger partial charge >= 0.3 is 17.1 Å². The van der Waals surface area contributed by atoms with Gasteiger partial charge in [-0.25, -0.2) is 40.7 Å². The van der Waals surface area contributed by atoms with E-state index in [9.17, 15) is 60.2 Å². The molecule has 25 heteroatoms. The Hall–Kier alpha value is -5.21. The first-order valence-corrected chi connectivity index (χ1v) is 18.4. The van der Waals surface area contributed by atoms with E-state index < -0.39 is 118 Å². The van der Waals surface area contributed by atoms with E-state index in [0.717, 1.165) is 48.3 Å². The molecule has 6 rings (SSSR count). The molecule has 0 bridgehead atoms. The van der Waals surface area contributed by atoms with Crippen molar-refractivity contribution in [2.75, 3.05) is 17.6 Å². The molecule has 6 N–H and O–H groups in total. The van der Waals surface area contributed by atoms with Crippen LogP contribution in [-0.4, -0.2) is 102 Å². The van der Waals surface area contributed by atoms with Crippen LogP contribution in [0.1, 0.15) is 54.8 Å². The van der Waals surface area contributed by atoms with E-state index in [4.69, 9.17) is 39.0 Å². The Morgan fingerprint density at radius 1 is 0.603 bits per heavy atom. The van der Waals surface area contributed by atoms with E-state index in [1.165, 1.54) is 12.8 Å². The molecule has 0 aliphatic carbocycles. The highest BCUT2D eigenvalue weighted by Gasteiger charge is 2.67. The predicted octanol–water partition coefficient (Wildman–Crippen LogP) is 1.18. The van der Waals surface area contributed by atoms with Gasteiger partial charge in [-0.05, 0) is 0 Å². The number of rotatable bonds is 6. The molecule has 6 heterocycles. The van der Waals surface area contributed by atoms with E-state index in [1.807, 2.05) is 20.9 Å². The Morgan fingerprint density at radius 2 is 0.889 bits per heavy atom. The molecule has 0 aromatic carbocycles. The zero-order valence-electron chi connectivity index (χ0n) is 30.8. The summed E-state index contributed by atoms with van der Waals surface area (Å²) in [7, 11) is 0. The number of nitrogens with zero attached hydrogens (tertiary/aromatic N) is 3. The fraction of sp³-hybridized carbons (Fsp3) is 0.526. The molecule has 0 unspecified atom stereocenters. The molecule has 0 amide bonds. The van der Waals surface area contributed by atoms with Crippen LogP contribution in [-0.2, 0) is 14.2 Å². The van der Waals surface area contributed by atoms with Crippen LogP contribution in [0.2, 0.25) is 0 Å². The standard InChI is InChI=1S/C12H11F2IN2O3.C12H12F2N2O4.C11H10F2N2O5.3CH4/c1-3-11(13)7(2)12(14,6-15)20-9(11)17-5-4-8(18)16-10(17)19;1-3-11(13)7(2)12(14,6-17)20-9(11)16-5-4-8(18)15-10(16)19;1-2-10(12)7(18)11(13,5-16)20-8(10)15-4-3-6(17)14-9(15)19;;;/h1,4-5,7,9H,6H2,2H3,(H,16,18,19);1,4-5,7,9,17H,6H2,2H3,(H,15,18,19);1,3-4,7-8,16,18H,5H2,(H,14,17,19);3*1H4/t2*7-,9+,11+,12+;7-,8+,10+,11+;;;/m000.../s1. The lowest BCUT2D eigenvalue weighted by Crippen LogP contribution is -2.48. The highest BCUT2D eigenvalue weighted by Crippen LogP contribution is 2.52. The van der Waals surface area contributed by atoms with Gasteiger partial charge in [-0.2, -0.15) is 0 Å². The number of hydrogen-bond donors (Lipinski definition) is 6. The lowest BCUT2D eigenvalue weighted by Gasteiger charge is -2.24. The first kappa shape index (κ1) is 55.8. The van der Waals surface area contributed by atoms with Crippen LogP contribution < -0.4 is 33.7 Å². The van der Waals surface area contributed by atoms with Gasteiger partial charge in [0.2, 0.25) is 28.7 Å². The molecule has 348 valence electrons. The summed E-state index contributed by atoms with van der Waals surface area (Å²) in [6.45, 7) is -0.0612. The number of hydrogen-bond acceptors (Lipinski definition) is 12. The van der Waals surface area contributed by atoms with Crippen molar-refractivity contribution in [3.05, 3.63) is 99.3 Å². The predicted molar refractivity (Wildman–Crippen MR) is 221 cm³/mol. The number of ether oxygens (including phenoxy) is 3. The average molecular weight is 1020 g/mol. The van der Waals surface area contributed by atoms with E-state index in [0.29, 0.717) is 9.13 Å². The van der Waals surface area contributed by atoms with E-state index in [-0.39, 0.29) is 26.7 Å². The molecule has 0 saturated carbocycles. The third-order valence-corrected chi connectivity index (χ3v) is 11.0. The summed E-state index contributed by atoms with van der Waals surface area (Å²) < 4.78 is 103. The van der Waals surface area contributed by atoms with Gasteiger partial charge in [0.15, 0.2) is 24.8 Å². The first-order chi connectivity index (χ1) is 27.8. The zero-order valence-corrected chi connectivity index (χ0v) is 32.9. The van der Waals surface area contributed by atoms with Gasteiger partial charge in [0.05, 0.1) is 16.3 Å². The Bertz CT molecular complexity index is 2330. The fourth-order valence-electron chi connectivity index (χ4n) is 6.19. The number of aromatic nitrogens is 6. The van der Waals surface area contributed by atoms with Gasteiger partial charge in [0, 0.05) is 36.8 Å². The monoisotopic (exact) mass is 1020 g/mol. The van der Waals surface area contributed by atoms with Crippen molar-refractivity contribution in [1.82, 2.24) is 28.7 Å². The summed E-state index contributed by atoms with van der Waals surface area (Å²) >= 11 is 1.72. The summed E-state index contributed by atoms with van der Waals surface area (Å²) in [4.78, 5) is 73.5. The first-order valence-electron chi connectivity index (χ1n) is 16.9. The molecule has 3 aromatic rings. The normalized spacial score (nSPS) is 35.0. The van der Waals surface area contributed by atoms with E-state index in [2.05, 4.69) is 4.74 Å². The van der Waals surface area contributed by atoms with Crippen molar-refractivity contribution >= 4 is 22.6 Å². The lowest BCUT2D eigenvalue weighted by molar-refractivity contribution is -0.207. The molecule has 12 atom stereocenters. The van der Waals surface area contributed by atoms with Crippen molar-refractivity contribution in [2.45, 2.75) is 95.5 Å². The lowest BCUT2D eigenvalue weighted by atomic mass is 9.87. The van der Waals surface area contributed by atoms with Gasteiger partial charge in [-0.15, -0.1) is 19.3 Å². The van der Waals surface area contributed by atoms with Gasteiger partial charge in [-0.1, -0.05) is 76.5 Å². The minimum Gasteiger partial charge on any atom is -0.390 e. The van der Waals surface area contributed by atoms with Gasteiger partial charge < -0.3 is 29.5 Å². The Balaban J connectivity index is 0.000000462. The molecule has 0 radical (unpaired) electrons. The minimum atomic E-state index is -3.17. The fourth-order valence-corrected chi connectivity index (χ4v) is 7.03. The molecule has 3 aliphatic heterocycles. The summed E-state index contributed by atoms with van der Waals surface area (Å²) in [5.74, 6) is -5.76. The number of aromatic amines is 3. The number of nitrogens with one attached hydrogen (secondary N) is 3. The third kappa shape index (κ3) is 9.67. The Kier molecular flexibility index (Phi) is 17.8. The number of aliphatic hydroxyl groups is 3. The van der Waals surface area contributed by atoms with Crippen LogP contribution in [0.3, 0.4) is 0 Å². The maximum absolute atomic E-state index is 14.9. The second-order valence-corrected chi connectivity index (χ2v) is 14.1. The van der Waals surface area contributed by atoms with Crippen molar-refractivity contribution in [3.8, 4) is 37.0 Å². The van der Waals surface area contributed by atoms with E-state index in [1.54, 1.807) is 28.5 Å². The molecule has 3 saturated heterocycles. The van der Waals surface area contributed by atoms with Crippen LogP contribution in [0.5, 0.6) is 0 Å². The second-order valence-electron chi connectivity index (χ2n) is 13.4. The van der Waals surface area contributed by atoms with Gasteiger partial charge in [0.25, 0.3) is 22.5 Å². The van der Waals surface area contributed by atoms with Crippen molar-refractivity contribution in [1.29, 1.82) is 0 Å². The molecular formula is C38H45F6IN6O12. The maximum Gasteiger partial charge on any atom is 0.330 e. The molecule has 3 fully saturated rings. The summed E-state index contributed by atoms with van der Waals surface area (Å²) in [5.41, 5.74) is -13.4. The van der Waals surface area contributed by atoms with Crippen LogP contribution in [0, 0.1) is 48.9 Å².